The van der Waals surface area contributed by atoms with E-state index in [0.717, 1.165) is 63.9 Å². The minimum Gasteiger partial charge on any atom is -0.370 e. The Kier molecular flexibility index (Phi) is 8.57. The molecule has 0 spiro atoms. The van der Waals surface area contributed by atoms with E-state index in [1.165, 1.54) is 0 Å². The summed E-state index contributed by atoms with van der Waals surface area (Å²) in [5, 5.41) is 11.6. The van der Waals surface area contributed by atoms with Crippen LogP contribution in [-0.2, 0) is 4.79 Å². The number of nitriles is 1. The Balaban J connectivity index is 1.36. The lowest BCUT2D eigenvalue weighted by Gasteiger charge is -2.39. The molecule has 1 atom stereocenters. The molecule has 178 valence electrons. The topological polar surface area (TPSA) is 59.4 Å². The molecule has 0 aromatic heterocycles. The largest absolute Gasteiger partial charge is 0.416 e. The molecule has 9 heteroatoms. The molecule has 1 amide bonds. The summed E-state index contributed by atoms with van der Waals surface area (Å²) in [5.74, 6) is 0.561. The van der Waals surface area contributed by atoms with E-state index < -0.39 is 17.9 Å². The van der Waals surface area contributed by atoms with Gasteiger partial charge in [0, 0.05) is 57.2 Å². The normalized spacial score (nSPS) is 27.3. The fourth-order valence-corrected chi connectivity index (χ4v) is 4.81. The fourth-order valence-electron chi connectivity index (χ4n) is 4.81. The summed E-state index contributed by atoms with van der Waals surface area (Å²) < 4.78 is 53.2. The Morgan fingerprint density at radius 1 is 1.16 bits per heavy atom. The van der Waals surface area contributed by atoms with Crippen LogP contribution in [0, 0.1) is 17.2 Å². The van der Waals surface area contributed by atoms with E-state index in [2.05, 4.69) is 10.2 Å². The molecule has 0 radical (unpaired) electrons. The lowest BCUT2D eigenvalue weighted by Crippen LogP contribution is -2.48. The molecule has 3 aliphatic rings. The van der Waals surface area contributed by atoms with E-state index in [4.69, 9.17) is 5.26 Å². The summed E-state index contributed by atoms with van der Waals surface area (Å²) in [6, 6.07) is 2.19. The standard InChI is InChI=1S/C23H32F4N4O/c24-20-8-5-18(23(25,26)27)16-21(20)31-14-12-30(13-15-31)11-9-17-3-6-19(7-4-17)29-22(32)2-1-10-28/h5,16-17,19-20H,1-4,6-9,11-15H2,(H,29,32). The second kappa shape index (κ2) is 11.2. The summed E-state index contributed by atoms with van der Waals surface area (Å²) in [6.45, 7) is 3.46. The number of nitrogens with one attached hydrogen (secondary N) is 1. The maximum atomic E-state index is 14.3. The van der Waals surface area contributed by atoms with Gasteiger partial charge in [-0.1, -0.05) is 6.08 Å². The summed E-state index contributed by atoms with van der Waals surface area (Å²) in [7, 11) is 0. The molecule has 0 aromatic rings. The second-order valence-electron chi connectivity index (χ2n) is 8.99. The number of halogens is 4. The maximum absolute atomic E-state index is 14.3. The zero-order valence-corrected chi connectivity index (χ0v) is 18.3. The minimum atomic E-state index is -4.44. The van der Waals surface area contributed by atoms with Crippen LogP contribution < -0.4 is 5.32 Å². The van der Waals surface area contributed by atoms with E-state index in [9.17, 15) is 22.4 Å². The van der Waals surface area contributed by atoms with Gasteiger partial charge in [-0.05, 0) is 50.6 Å². The van der Waals surface area contributed by atoms with Crippen molar-refractivity contribution in [1.82, 2.24) is 15.1 Å². The van der Waals surface area contributed by atoms with Gasteiger partial charge < -0.3 is 10.2 Å². The third kappa shape index (κ3) is 6.96. The van der Waals surface area contributed by atoms with Crippen LogP contribution in [0.1, 0.15) is 51.4 Å². The number of hydrogen-bond acceptors (Lipinski definition) is 4. The molecule has 1 aliphatic heterocycles. The van der Waals surface area contributed by atoms with Gasteiger partial charge in [0.25, 0.3) is 0 Å². The van der Waals surface area contributed by atoms with Gasteiger partial charge >= 0.3 is 6.18 Å². The van der Waals surface area contributed by atoms with Crippen LogP contribution in [0.3, 0.4) is 0 Å². The molecule has 1 saturated carbocycles. The molecule has 2 aliphatic carbocycles. The van der Waals surface area contributed by atoms with E-state index in [0.29, 0.717) is 19.0 Å². The van der Waals surface area contributed by atoms with E-state index in [1.54, 1.807) is 4.90 Å². The van der Waals surface area contributed by atoms with Crippen molar-refractivity contribution in [2.45, 2.75) is 69.8 Å². The number of carbonyl (C=O) groups is 1. The van der Waals surface area contributed by atoms with Crippen molar-refractivity contribution in [3.8, 4) is 6.07 Å². The van der Waals surface area contributed by atoms with Gasteiger partial charge in [0.1, 0.15) is 6.17 Å². The molecule has 1 N–H and O–H groups in total. The number of piperazine rings is 1. The molecule has 3 rings (SSSR count). The molecule has 2 fully saturated rings. The summed E-state index contributed by atoms with van der Waals surface area (Å²) in [5.41, 5.74) is -0.588. The first-order chi connectivity index (χ1) is 15.3. The summed E-state index contributed by atoms with van der Waals surface area (Å²) in [6.07, 6.45) is 1.49. The van der Waals surface area contributed by atoms with Crippen molar-refractivity contribution in [3.63, 3.8) is 0 Å². The number of alkyl halides is 4. The number of amides is 1. The van der Waals surface area contributed by atoms with Crippen molar-refractivity contribution < 1.29 is 22.4 Å². The third-order valence-electron chi connectivity index (χ3n) is 6.76. The molecule has 1 heterocycles. The van der Waals surface area contributed by atoms with Crippen LogP contribution in [0.4, 0.5) is 17.6 Å². The van der Waals surface area contributed by atoms with Gasteiger partial charge in [-0.25, -0.2) is 4.39 Å². The van der Waals surface area contributed by atoms with Crippen LogP contribution >= 0.6 is 0 Å². The predicted octanol–water partition coefficient (Wildman–Crippen LogP) is 4.09. The predicted molar refractivity (Wildman–Crippen MR) is 113 cm³/mol. The van der Waals surface area contributed by atoms with Gasteiger partial charge in [-0.15, -0.1) is 0 Å². The van der Waals surface area contributed by atoms with Crippen molar-refractivity contribution in [3.05, 3.63) is 23.4 Å². The SMILES string of the molecule is N#CCCC(=O)NC1CCC(CCN2CCN(C3=CC(C(F)(F)F)=CCC3F)CC2)CC1. The number of allylic oxidation sites excluding steroid dienone is 4. The van der Waals surface area contributed by atoms with Crippen LogP contribution in [0.15, 0.2) is 23.4 Å². The summed E-state index contributed by atoms with van der Waals surface area (Å²) >= 11 is 0. The van der Waals surface area contributed by atoms with Crippen LogP contribution in [-0.4, -0.2) is 66.8 Å². The van der Waals surface area contributed by atoms with E-state index >= 15 is 0 Å². The molecule has 1 saturated heterocycles. The number of hydrogen-bond donors (Lipinski definition) is 1. The number of nitrogens with zero attached hydrogens (tertiary/aromatic N) is 3. The van der Waals surface area contributed by atoms with Gasteiger partial charge in [0.2, 0.25) is 5.91 Å². The zero-order chi connectivity index (χ0) is 23.1. The Labute approximate surface area is 187 Å². The Hall–Kier alpha value is -2.08. The quantitative estimate of drug-likeness (QED) is 0.587. The Bertz CT molecular complexity index is 742. The van der Waals surface area contributed by atoms with Crippen molar-refractivity contribution in [2.75, 3.05) is 32.7 Å². The highest BCUT2D eigenvalue weighted by Crippen LogP contribution is 2.34. The number of rotatable bonds is 7. The smallest absolute Gasteiger partial charge is 0.370 e. The highest BCUT2D eigenvalue weighted by molar-refractivity contribution is 5.76. The number of carbonyl (C=O) groups excluding carboxylic acids is 1. The van der Waals surface area contributed by atoms with Crippen molar-refractivity contribution in [1.29, 1.82) is 5.26 Å². The Morgan fingerprint density at radius 2 is 1.84 bits per heavy atom. The highest BCUT2D eigenvalue weighted by Gasteiger charge is 2.36. The van der Waals surface area contributed by atoms with Gasteiger partial charge in [-0.3, -0.25) is 9.69 Å². The first-order valence-electron chi connectivity index (χ1n) is 11.5. The van der Waals surface area contributed by atoms with E-state index in [1.807, 2.05) is 6.07 Å². The lowest BCUT2D eigenvalue weighted by molar-refractivity contribution is -0.122. The zero-order valence-electron chi connectivity index (χ0n) is 18.3. The average Bonchev–Trinajstić information content (AvgIpc) is 2.77. The minimum absolute atomic E-state index is 0.0469. The molecular weight excluding hydrogens is 424 g/mol. The highest BCUT2D eigenvalue weighted by atomic mass is 19.4. The Morgan fingerprint density at radius 3 is 2.47 bits per heavy atom. The van der Waals surface area contributed by atoms with Gasteiger partial charge in [0.05, 0.1) is 11.6 Å². The molecular formula is C23H32F4N4O. The maximum Gasteiger partial charge on any atom is 0.416 e. The first kappa shape index (κ1) is 24.6. The first-order valence-corrected chi connectivity index (χ1v) is 11.5. The van der Waals surface area contributed by atoms with Gasteiger partial charge in [0.15, 0.2) is 0 Å². The third-order valence-corrected chi connectivity index (χ3v) is 6.76. The van der Waals surface area contributed by atoms with Gasteiger partial charge in [-0.2, -0.15) is 18.4 Å². The molecule has 0 bridgehead atoms. The van der Waals surface area contributed by atoms with Crippen LogP contribution in [0.2, 0.25) is 0 Å². The fraction of sp³-hybridized carbons (Fsp3) is 0.739. The summed E-state index contributed by atoms with van der Waals surface area (Å²) in [4.78, 5) is 15.8. The molecule has 1 unspecified atom stereocenters. The van der Waals surface area contributed by atoms with Crippen molar-refractivity contribution >= 4 is 5.91 Å². The van der Waals surface area contributed by atoms with Crippen LogP contribution in [0.5, 0.6) is 0 Å². The molecule has 0 aromatic carbocycles. The monoisotopic (exact) mass is 456 g/mol. The van der Waals surface area contributed by atoms with Crippen molar-refractivity contribution in [2.24, 2.45) is 5.92 Å². The lowest BCUT2D eigenvalue weighted by atomic mass is 9.84. The molecule has 5 nitrogen and oxygen atoms in total. The second-order valence-corrected chi connectivity index (χ2v) is 8.99. The van der Waals surface area contributed by atoms with E-state index in [-0.39, 0.29) is 36.9 Å². The molecule has 32 heavy (non-hydrogen) atoms. The average molecular weight is 457 g/mol. The van der Waals surface area contributed by atoms with Crippen LogP contribution in [0.25, 0.3) is 0 Å².